The molecule has 1 saturated heterocycles. The van der Waals surface area contributed by atoms with Crippen molar-refractivity contribution >= 4 is 27.7 Å². The molecule has 1 aromatic rings. The summed E-state index contributed by atoms with van der Waals surface area (Å²) in [6.45, 7) is 4.02. The van der Waals surface area contributed by atoms with Gasteiger partial charge in [-0.15, -0.1) is 11.8 Å². The molecule has 0 radical (unpaired) electrons. The Labute approximate surface area is 122 Å². The van der Waals surface area contributed by atoms with E-state index in [1.165, 1.54) is 10.5 Å². The molecular weight excluding hydrogens is 310 g/mol. The van der Waals surface area contributed by atoms with Crippen LogP contribution in [0.4, 0.5) is 0 Å². The van der Waals surface area contributed by atoms with Crippen molar-refractivity contribution in [1.29, 1.82) is 0 Å². The standard InChI is InChI=1S/C14H20BrNOS/c1-10(16-2)13-9-11(15)3-4-14(13)18-12-5-7-17-8-6-12/h3-4,9-10,12,16H,5-8H2,1-2H3. The predicted molar refractivity (Wildman–Crippen MR) is 81.3 cm³/mol. The summed E-state index contributed by atoms with van der Waals surface area (Å²) in [4.78, 5) is 1.40. The second-order valence-corrected chi connectivity index (χ2v) is 6.88. The van der Waals surface area contributed by atoms with Gasteiger partial charge in [-0.05, 0) is 50.6 Å². The fraction of sp³-hybridized carbons (Fsp3) is 0.571. The lowest BCUT2D eigenvalue weighted by Gasteiger charge is -2.24. The normalized spacial score (nSPS) is 18.8. The second-order valence-electron chi connectivity index (χ2n) is 4.62. The summed E-state index contributed by atoms with van der Waals surface area (Å²) in [5.41, 5.74) is 1.38. The first-order chi connectivity index (χ1) is 8.70. The van der Waals surface area contributed by atoms with Crippen molar-refractivity contribution in [3.63, 3.8) is 0 Å². The van der Waals surface area contributed by atoms with Crippen molar-refractivity contribution in [3.05, 3.63) is 28.2 Å². The van der Waals surface area contributed by atoms with Gasteiger partial charge < -0.3 is 10.1 Å². The smallest absolute Gasteiger partial charge is 0.0476 e. The molecule has 1 unspecified atom stereocenters. The lowest BCUT2D eigenvalue weighted by Crippen LogP contribution is -2.18. The number of benzene rings is 1. The fourth-order valence-corrected chi connectivity index (χ4v) is 3.78. The van der Waals surface area contributed by atoms with Gasteiger partial charge in [-0.3, -0.25) is 0 Å². The van der Waals surface area contributed by atoms with Crippen LogP contribution in [0.5, 0.6) is 0 Å². The molecule has 0 aromatic heterocycles. The van der Waals surface area contributed by atoms with Gasteiger partial charge in [0.15, 0.2) is 0 Å². The van der Waals surface area contributed by atoms with E-state index in [0.717, 1.165) is 30.5 Å². The molecule has 18 heavy (non-hydrogen) atoms. The van der Waals surface area contributed by atoms with Gasteiger partial charge in [-0.1, -0.05) is 15.9 Å². The van der Waals surface area contributed by atoms with Crippen LogP contribution in [0.1, 0.15) is 31.4 Å². The Hall–Kier alpha value is -0.0300. The first-order valence-corrected chi connectivity index (χ1v) is 8.09. The molecule has 0 aliphatic carbocycles. The van der Waals surface area contributed by atoms with Crippen molar-refractivity contribution in [2.45, 2.75) is 36.0 Å². The van der Waals surface area contributed by atoms with Crippen LogP contribution in [0.25, 0.3) is 0 Å². The molecule has 4 heteroatoms. The van der Waals surface area contributed by atoms with Crippen LogP contribution in [0.2, 0.25) is 0 Å². The van der Waals surface area contributed by atoms with E-state index in [-0.39, 0.29) is 0 Å². The fourth-order valence-electron chi connectivity index (χ4n) is 2.09. The van der Waals surface area contributed by atoms with Crippen molar-refractivity contribution in [1.82, 2.24) is 5.32 Å². The predicted octanol–water partition coefficient (Wildman–Crippen LogP) is 4.00. The molecule has 2 rings (SSSR count). The van der Waals surface area contributed by atoms with Crippen LogP contribution in [0.3, 0.4) is 0 Å². The van der Waals surface area contributed by atoms with Crippen LogP contribution in [-0.2, 0) is 4.74 Å². The molecule has 1 atom stereocenters. The Balaban J connectivity index is 2.15. The third-order valence-electron chi connectivity index (χ3n) is 3.33. The highest BCUT2D eigenvalue weighted by Gasteiger charge is 2.18. The highest BCUT2D eigenvalue weighted by Crippen LogP contribution is 2.35. The largest absolute Gasteiger partial charge is 0.381 e. The second kappa shape index (κ2) is 6.94. The van der Waals surface area contributed by atoms with E-state index in [1.54, 1.807) is 0 Å². The van der Waals surface area contributed by atoms with E-state index >= 15 is 0 Å². The number of ether oxygens (including phenoxy) is 1. The van der Waals surface area contributed by atoms with Crippen LogP contribution >= 0.6 is 27.7 Å². The summed E-state index contributed by atoms with van der Waals surface area (Å²) >= 11 is 5.56. The molecule has 1 aliphatic rings. The third kappa shape index (κ3) is 3.73. The molecule has 100 valence electrons. The van der Waals surface area contributed by atoms with Gasteiger partial charge in [0.05, 0.1) is 0 Å². The molecule has 0 bridgehead atoms. The lowest BCUT2D eigenvalue weighted by atomic mass is 10.1. The molecule has 1 aliphatic heterocycles. The van der Waals surface area contributed by atoms with Crippen molar-refractivity contribution < 1.29 is 4.74 Å². The van der Waals surface area contributed by atoms with E-state index in [4.69, 9.17) is 4.74 Å². The number of hydrogen-bond donors (Lipinski definition) is 1. The van der Waals surface area contributed by atoms with Crippen LogP contribution < -0.4 is 5.32 Å². The summed E-state index contributed by atoms with van der Waals surface area (Å²) < 4.78 is 6.57. The first-order valence-electron chi connectivity index (χ1n) is 6.42. The van der Waals surface area contributed by atoms with Crippen LogP contribution in [0, 0.1) is 0 Å². The summed E-state index contributed by atoms with van der Waals surface area (Å²) in [6.07, 6.45) is 2.32. The Bertz CT molecular complexity index is 393. The van der Waals surface area contributed by atoms with Gasteiger partial charge in [0, 0.05) is 33.9 Å². The number of rotatable bonds is 4. The zero-order valence-corrected chi connectivity index (χ0v) is 13.3. The van der Waals surface area contributed by atoms with E-state index < -0.39 is 0 Å². The number of hydrogen-bond acceptors (Lipinski definition) is 3. The van der Waals surface area contributed by atoms with Gasteiger partial charge in [-0.25, -0.2) is 0 Å². The minimum Gasteiger partial charge on any atom is -0.381 e. The quantitative estimate of drug-likeness (QED) is 0.902. The van der Waals surface area contributed by atoms with Gasteiger partial charge >= 0.3 is 0 Å². The lowest BCUT2D eigenvalue weighted by molar-refractivity contribution is 0.1000. The summed E-state index contributed by atoms with van der Waals surface area (Å²) in [5, 5.41) is 4.02. The zero-order chi connectivity index (χ0) is 13.0. The van der Waals surface area contributed by atoms with Gasteiger partial charge in [-0.2, -0.15) is 0 Å². The monoisotopic (exact) mass is 329 g/mol. The molecule has 1 heterocycles. The maximum absolute atomic E-state index is 5.42. The molecule has 1 aromatic carbocycles. The van der Waals surface area contributed by atoms with E-state index in [9.17, 15) is 0 Å². The molecule has 0 amide bonds. The van der Waals surface area contributed by atoms with Gasteiger partial charge in [0.2, 0.25) is 0 Å². The summed E-state index contributed by atoms with van der Waals surface area (Å²) in [6, 6.07) is 6.97. The SMILES string of the molecule is CNC(C)c1cc(Br)ccc1SC1CCOCC1. The van der Waals surface area contributed by atoms with Gasteiger partial charge in [0.25, 0.3) is 0 Å². The van der Waals surface area contributed by atoms with Gasteiger partial charge in [0.1, 0.15) is 0 Å². The molecule has 0 saturated carbocycles. The minimum atomic E-state index is 0.379. The minimum absolute atomic E-state index is 0.379. The molecular formula is C14H20BrNOS. The number of nitrogens with one attached hydrogen (secondary N) is 1. The van der Waals surface area contributed by atoms with Crippen LogP contribution in [0.15, 0.2) is 27.6 Å². The topological polar surface area (TPSA) is 21.3 Å². The Morgan fingerprint density at radius 1 is 1.39 bits per heavy atom. The summed E-state index contributed by atoms with van der Waals surface area (Å²) in [5.74, 6) is 0. The Morgan fingerprint density at radius 3 is 2.78 bits per heavy atom. The van der Waals surface area contributed by atoms with E-state index in [2.05, 4.69) is 46.4 Å². The highest BCUT2D eigenvalue weighted by molar-refractivity contribution is 9.10. The molecule has 2 nitrogen and oxygen atoms in total. The Kier molecular flexibility index (Phi) is 5.55. The number of halogens is 1. The van der Waals surface area contributed by atoms with Crippen LogP contribution in [-0.4, -0.2) is 25.5 Å². The average Bonchev–Trinajstić information content (AvgIpc) is 2.41. The zero-order valence-electron chi connectivity index (χ0n) is 10.9. The maximum atomic E-state index is 5.42. The first kappa shape index (κ1) is 14.4. The van der Waals surface area contributed by atoms with Crippen molar-refractivity contribution in [3.8, 4) is 0 Å². The maximum Gasteiger partial charge on any atom is 0.0476 e. The average molecular weight is 330 g/mol. The summed E-state index contributed by atoms with van der Waals surface area (Å²) in [7, 11) is 2.01. The van der Waals surface area contributed by atoms with E-state index in [1.807, 2.05) is 18.8 Å². The highest BCUT2D eigenvalue weighted by atomic mass is 79.9. The van der Waals surface area contributed by atoms with Crippen molar-refractivity contribution in [2.24, 2.45) is 0 Å². The third-order valence-corrected chi connectivity index (χ3v) is 5.26. The Morgan fingerprint density at radius 2 is 2.11 bits per heavy atom. The van der Waals surface area contributed by atoms with Crippen molar-refractivity contribution in [2.75, 3.05) is 20.3 Å². The van der Waals surface area contributed by atoms with E-state index in [0.29, 0.717) is 11.3 Å². The molecule has 1 fully saturated rings. The molecule has 0 spiro atoms. The molecule has 1 N–H and O–H groups in total. The number of thioether (sulfide) groups is 1.